The number of likely N-dealkylation sites (tertiary alicyclic amines) is 1. The largest absolute Gasteiger partial charge is 0.343 e. The average Bonchev–Trinajstić information content (AvgIpc) is 3.20. The molecule has 140 valence electrons. The lowest BCUT2D eigenvalue weighted by molar-refractivity contribution is -0.132. The Kier molecular flexibility index (Phi) is 4.33. The number of amides is 1. The molecular formula is C18H25N5O2S. The van der Waals surface area contributed by atoms with Gasteiger partial charge in [-0.05, 0) is 40.0 Å². The predicted molar refractivity (Wildman–Crippen MR) is 102 cm³/mol. The van der Waals surface area contributed by atoms with E-state index in [1.54, 1.807) is 27.2 Å². The van der Waals surface area contributed by atoms with Crippen molar-refractivity contribution < 1.29 is 4.79 Å². The second kappa shape index (κ2) is 6.40. The van der Waals surface area contributed by atoms with Crippen molar-refractivity contribution in [2.75, 3.05) is 18.8 Å². The standard InChI is InChI=1S/C18H25N5O2S/c1-18(2,3)23-15-13(10-19-23)16(25)22-12(11-26-17(22)20-15)9-14(24)21-7-5-4-6-8-21/h10,12H,4-9,11H2,1-3H3. The van der Waals surface area contributed by atoms with Gasteiger partial charge in [-0.15, -0.1) is 0 Å². The minimum Gasteiger partial charge on any atom is -0.343 e. The van der Waals surface area contributed by atoms with E-state index in [0.29, 0.717) is 22.6 Å². The van der Waals surface area contributed by atoms with Crippen LogP contribution in [-0.2, 0) is 10.3 Å². The number of piperidine rings is 1. The molecule has 8 heteroatoms. The summed E-state index contributed by atoms with van der Waals surface area (Å²) in [7, 11) is 0. The highest BCUT2D eigenvalue weighted by Crippen LogP contribution is 2.34. The first-order chi connectivity index (χ1) is 12.4. The second-order valence-corrected chi connectivity index (χ2v) is 9.13. The molecule has 1 atom stereocenters. The van der Waals surface area contributed by atoms with E-state index >= 15 is 0 Å². The zero-order valence-corrected chi connectivity index (χ0v) is 16.4. The number of aromatic nitrogens is 4. The maximum atomic E-state index is 13.1. The zero-order chi connectivity index (χ0) is 18.5. The van der Waals surface area contributed by atoms with Crippen LogP contribution in [-0.4, -0.2) is 49.0 Å². The van der Waals surface area contributed by atoms with Crippen molar-refractivity contribution in [1.29, 1.82) is 0 Å². The van der Waals surface area contributed by atoms with Gasteiger partial charge in [0.2, 0.25) is 5.91 Å². The lowest BCUT2D eigenvalue weighted by atomic mass is 10.1. The molecular weight excluding hydrogens is 350 g/mol. The van der Waals surface area contributed by atoms with Gasteiger partial charge < -0.3 is 4.90 Å². The fourth-order valence-corrected chi connectivity index (χ4v) is 4.88. The first-order valence-corrected chi connectivity index (χ1v) is 10.3. The van der Waals surface area contributed by atoms with Crippen LogP contribution >= 0.6 is 11.8 Å². The third kappa shape index (κ3) is 2.94. The Labute approximate surface area is 156 Å². The molecule has 2 aromatic heterocycles. The third-order valence-corrected chi connectivity index (χ3v) is 6.22. The average molecular weight is 375 g/mol. The molecule has 4 rings (SSSR count). The number of nitrogens with zero attached hydrogens (tertiary/aromatic N) is 5. The van der Waals surface area contributed by atoms with Crippen LogP contribution in [0.1, 0.15) is 52.5 Å². The van der Waals surface area contributed by atoms with Gasteiger partial charge in [0, 0.05) is 25.3 Å². The quantitative estimate of drug-likeness (QED) is 0.754. The number of carbonyl (C=O) groups excluding carboxylic acids is 1. The third-order valence-electron chi connectivity index (χ3n) is 5.13. The van der Waals surface area contributed by atoms with Gasteiger partial charge in [0.25, 0.3) is 5.56 Å². The molecule has 0 radical (unpaired) electrons. The van der Waals surface area contributed by atoms with E-state index in [1.807, 2.05) is 25.7 Å². The summed E-state index contributed by atoms with van der Waals surface area (Å²) in [4.78, 5) is 32.4. The molecule has 4 heterocycles. The van der Waals surface area contributed by atoms with Crippen molar-refractivity contribution >= 4 is 28.7 Å². The van der Waals surface area contributed by atoms with Crippen LogP contribution in [0.4, 0.5) is 0 Å². The number of rotatable bonds is 2. The summed E-state index contributed by atoms with van der Waals surface area (Å²) in [6.45, 7) is 7.81. The Bertz CT molecular complexity index is 905. The van der Waals surface area contributed by atoms with Gasteiger partial charge >= 0.3 is 0 Å². The molecule has 0 bridgehead atoms. The van der Waals surface area contributed by atoms with Crippen LogP contribution in [0.3, 0.4) is 0 Å². The molecule has 0 aliphatic carbocycles. The number of thioether (sulfide) groups is 1. The molecule has 0 saturated carbocycles. The van der Waals surface area contributed by atoms with Crippen LogP contribution in [0.25, 0.3) is 11.0 Å². The molecule has 1 amide bonds. The first kappa shape index (κ1) is 17.6. The van der Waals surface area contributed by atoms with Crippen LogP contribution < -0.4 is 5.56 Å². The lowest BCUT2D eigenvalue weighted by Gasteiger charge is -2.28. The molecule has 26 heavy (non-hydrogen) atoms. The van der Waals surface area contributed by atoms with Crippen LogP contribution in [0.15, 0.2) is 16.1 Å². The molecule has 0 aromatic carbocycles. The molecule has 2 aromatic rings. The van der Waals surface area contributed by atoms with E-state index in [9.17, 15) is 9.59 Å². The Hall–Kier alpha value is -1.83. The molecule has 1 fully saturated rings. The molecule has 7 nitrogen and oxygen atoms in total. The number of fused-ring (bicyclic) bond motifs is 2. The molecule has 0 N–H and O–H groups in total. The summed E-state index contributed by atoms with van der Waals surface area (Å²) < 4.78 is 3.51. The van der Waals surface area contributed by atoms with Gasteiger partial charge in [-0.1, -0.05) is 11.8 Å². The van der Waals surface area contributed by atoms with Gasteiger partial charge in [-0.25, -0.2) is 9.67 Å². The van der Waals surface area contributed by atoms with Gasteiger partial charge in [0.05, 0.1) is 17.8 Å². The Balaban J connectivity index is 1.66. The van der Waals surface area contributed by atoms with E-state index in [-0.39, 0.29) is 23.0 Å². The maximum absolute atomic E-state index is 13.1. The highest BCUT2D eigenvalue weighted by molar-refractivity contribution is 7.99. The van der Waals surface area contributed by atoms with Crippen molar-refractivity contribution in [3.05, 3.63) is 16.6 Å². The van der Waals surface area contributed by atoms with Crippen molar-refractivity contribution in [2.24, 2.45) is 0 Å². The van der Waals surface area contributed by atoms with E-state index < -0.39 is 0 Å². The molecule has 2 aliphatic rings. The van der Waals surface area contributed by atoms with Crippen molar-refractivity contribution in [2.45, 2.75) is 63.2 Å². The Morgan fingerprint density at radius 1 is 1.27 bits per heavy atom. The summed E-state index contributed by atoms with van der Waals surface area (Å²) in [5.74, 6) is 0.873. The molecule has 2 aliphatic heterocycles. The number of carbonyl (C=O) groups is 1. The van der Waals surface area contributed by atoms with Crippen molar-refractivity contribution in [3.8, 4) is 0 Å². The second-order valence-electron chi connectivity index (χ2n) is 8.14. The predicted octanol–water partition coefficient (Wildman–Crippen LogP) is 2.40. The smallest absolute Gasteiger partial charge is 0.265 e. The highest BCUT2D eigenvalue weighted by atomic mass is 32.2. The Morgan fingerprint density at radius 2 is 2.00 bits per heavy atom. The van der Waals surface area contributed by atoms with E-state index in [0.717, 1.165) is 31.7 Å². The fraction of sp³-hybridized carbons (Fsp3) is 0.667. The molecule has 1 unspecified atom stereocenters. The molecule has 1 saturated heterocycles. The minimum absolute atomic E-state index is 0.0815. The summed E-state index contributed by atoms with van der Waals surface area (Å²) in [5.41, 5.74) is 0.304. The normalized spacial score (nSPS) is 20.6. The summed E-state index contributed by atoms with van der Waals surface area (Å²) in [6, 6.07) is -0.119. The van der Waals surface area contributed by atoms with E-state index in [2.05, 4.69) is 5.10 Å². The number of hydrogen-bond acceptors (Lipinski definition) is 5. The van der Waals surface area contributed by atoms with Crippen LogP contribution in [0, 0.1) is 0 Å². The van der Waals surface area contributed by atoms with Crippen LogP contribution in [0.5, 0.6) is 0 Å². The van der Waals surface area contributed by atoms with Crippen molar-refractivity contribution in [3.63, 3.8) is 0 Å². The first-order valence-electron chi connectivity index (χ1n) is 9.27. The lowest BCUT2D eigenvalue weighted by Crippen LogP contribution is -2.37. The topological polar surface area (TPSA) is 73.0 Å². The Morgan fingerprint density at radius 3 is 2.69 bits per heavy atom. The van der Waals surface area contributed by atoms with Gasteiger partial charge in [-0.2, -0.15) is 5.10 Å². The van der Waals surface area contributed by atoms with E-state index in [1.165, 1.54) is 6.42 Å². The van der Waals surface area contributed by atoms with E-state index in [4.69, 9.17) is 4.98 Å². The van der Waals surface area contributed by atoms with Crippen molar-refractivity contribution in [1.82, 2.24) is 24.2 Å². The fourth-order valence-electron chi connectivity index (χ4n) is 3.75. The SMILES string of the molecule is CC(C)(C)n1ncc2c(=O)n3c(nc21)SCC3CC(=O)N1CCCCC1. The minimum atomic E-state index is -0.243. The van der Waals surface area contributed by atoms with Gasteiger partial charge in [0.15, 0.2) is 10.8 Å². The number of hydrogen-bond donors (Lipinski definition) is 0. The monoisotopic (exact) mass is 375 g/mol. The molecule has 0 spiro atoms. The summed E-state index contributed by atoms with van der Waals surface area (Å²) >= 11 is 1.56. The van der Waals surface area contributed by atoms with Gasteiger partial charge in [-0.3, -0.25) is 14.2 Å². The van der Waals surface area contributed by atoms with Crippen LogP contribution in [0.2, 0.25) is 0 Å². The zero-order valence-electron chi connectivity index (χ0n) is 15.6. The summed E-state index contributed by atoms with van der Waals surface area (Å²) in [5, 5.41) is 5.61. The van der Waals surface area contributed by atoms with Gasteiger partial charge in [0.1, 0.15) is 5.39 Å². The maximum Gasteiger partial charge on any atom is 0.265 e. The summed E-state index contributed by atoms with van der Waals surface area (Å²) in [6.07, 6.45) is 5.34. The highest BCUT2D eigenvalue weighted by Gasteiger charge is 2.31.